The van der Waals surface area contributed by atoms with Crippen LogP contribution >= 0.6 is 43.5 Å². The zero-order valence-electron chi connectivity index (χ0n) is 19.1. The van der Waals surface area contributed by atoms with Crippen LogP contribution in [0, 0.1) is 0 Å². The SMILES string of the molecule is Clc1ccc(C2=NN3[C@H](C2)c2cc(Br)cc(Br)c2O[C@@H]3c2ccc(OCc3ccccc3)cc2)cc1. The van der Waals surface area contributed by atoms with Gasteiger partial charge in [0.1, 0.15) is 18.1 Å². The van der Waals surface area contributed by atoms with Crippen LogP contribution in [0.5, 0.6) is 11.5 Å². The third-order valence-corrected chi connectivity index (χ3v) is 7.70. The fraction of sp³-hybridized carbons (Fsp3) is 0.138. The number of hydrazone groups is 1. The maximum absolute atomic E-state index is 6.58. The number of nitrogens with zero attached hydrogens (tertiary/aromatic N) is 2. The first-order valence-corrected chi connectivity index (χ1v) is 13.6. The van der Waals surface area contributed by atoms with E-state index in [0.29, 0.717) is 11.6 Å². The first-order chi connectivity index (χ1) is 17.5. The Morgan fingerprint density at radius 1 is 0.944 bits per heavy atom. The van der Waals surface area contributed by atoms with Gasteiger partial charge in [-0.15, -0.1) is 0 Å². The van der Waals surface area contributed by atoms with E-state index in [9.17, 15) is 0 Å². The summed E-state index contributed by atoms with van der Waals surface area (Å²) in [7, 11) is 0. The minimum atomic E-state index is -0.368. The van der Waals surface area contributed by atoms with Gasteiger partial charge in [-0.2, -0.15) is 5.10 Å². The highest BCUT2D eigenvalue weighted by Crippen LogP contribution is 2.51. The van der Waals surface area contributed by atoms with Crippen LogP contribution in [0.3, 0.4) is 0 Å². The number of halogens is 3. The van der Waals surface area contributed by atoms with Crippen molar-refractivity contribution in [3.05, 3.63) is 127 Å². The Kier molecular flexibility index (Phi) is 6.50. The number of ether oxygens (including phenoxy) is 2. The highest BCUT2D eigenvalue weighted by Gasteiger charge is 2.42. The minimum absolute atomic E-state index is 0.0484. The van der Waals surface area contributed by atoms with Crippen LogP contribution in [0.2, 0.25) is 5.02 Å². The maximum Gasteiger partial charge on any atom is 0.213 e. The molecule has 4 nitrogen and oxygen atoms in total. The molecule has 2 aliphatic heterocycles. The van der Waals surface area contributed by atoms with Crippen molar-refractivity contribution in [2.45, 2.75) is 25.3 Å². The molecule has 0 bridgehead atoms. The fourth-order valence-corrected chi connectivity index (χ4v) is 6.10. The molecule has 4 aromatic carbocycles. The number of benzene rings is 4. The number of rotatable bonds is 5. The van der Waals surface area contributed by atoms with Gasteiger partial charge in [-0.05, 0) is 75.6 Å². The summed E-state index contributed by atoms with van der Waals surface area (Å²) in [4.78, 5) is 0. The molecular weight excluding hydrogens is 604 g/mol. The van der Waals surface area contributed by atoms with Gasteiger partial charge in [0.2, 0.25) is 6.23 Å². The molecule has 0 fully saturated rings. The Labute approximate surface area is 231 Å². The van der Waals surface area contributed by atoms with E-state index in [0.717, 1.165) is 54.8 Å². The van der Waals surface area contributed by atoms with Crippen molar-refractivity contribution in [3.8, 4) is 11.5 Å². The summed E-state index contributed by atoms with van der Waals surface area (Å²) in [5.41, 5.74) is 5.32. The molecule has 2 aliphatic rings. The van der Waals surface area contributed by atoms with Crippen LogP contribution in [0.4, 0.5) is 0 Å². The monoisotopic (exact) mass is 622 g/mol. The molecule has 6 rings (SSSR count). The quantitative estimate of drug-likeness (QED) is 0.223. The van der Waals surface area contributed by atoms with Crippen LogP contribution < -0.4 is 9.47 Å². The predicted octanol–water partition coefficient (Wildman–Crippen LogP) is 8.69. The first kappa shape index (κ1) is 23.6. The topological polar surface area (TPSA) is 34.1 Å². The number of hydrogen-bond acceptors (Lipinski definition) is 4. The number of hydrogen-bond donors (Lipinski definition) is 0. The van der Waals surface area contributed by atoms with Crippen molar-refractivity contribution in [3.63, 3.8) is 0 Å². The van der Waals surface area contributed by atoms with Crippen molar-refractivity contribution in [1.29, 1.82) is 0 Å². The molecule has 0 amide bonds. The zero-order chi connectivity index (χ0) is 24.6. The lowest BCUT2D eigenvalue weighted by atomic mass is 9.96. The number of fused-ring (bicyclic) bond motifs is 3. The highest BCUT2D eigenvalue weighted by molar-refractivity contribution is 9.11. The molecular formula is C29H21Br2ClN2O2. The summed E-state index contributed by atoms with van der Waals surface area (Å²) in [6.45, 7) is 0.526. The summed E-state index contributed by atoms with van der Waals surface area (Å²) in [5.74, 6) is 1.66. The Hall–Kier alpha value is -2.80. The van der Waals surface area contributed by atoms with Gasteiger partial charge in [0.15, 0.2) is 0 Å². The summed E-state index contributed by atoms with van der Waals surface area (Å²) in [5, 5.41) is 7.83. The van der Waals surface area contributed by atoms with Gasteiger partial charge in [-0.25, -0.2) is 5.01 Å². The van der Waals surface area contributed by atoms with Gasteiger partial charge < -0.3 is 9.47 Å². The Morgan fingerprint density at radius 3 is 2.44 bits per heavy atom. The van der Waals surface area contributed by atoms with Crippen molar-refractivity contribution < 1.29 is 9.47 Å². The van der Waals surface area contributed by atoms with Gasteiger partial charge in [-0.1, -0.05) is 70.0 Å². The van der Waals surface area contributed by atoms with E-state index < -0.39 is 0 Å². The van der Waals surface area contributed by atoms with Crippen molar-refractivity contribution >= 4 is 49.2 Å². The van der Waals surface area contributed by atoms with E-state index in [1.54, 1.807) is 0 Å². The molecule has 0 saturated heterocycles. The minimum Gasteiger partial charge on any atom is -0.489 e. The lowest BCUT2D eigenvalue weighted by Crippen LogP contribution is -2.33. The molecule has 0 aromatic heterocycles. The van der Waals surface area contributed by atoms with Gasteiger partial charge >= 0.3 is 0 Å². The van der Waals surface area contributed by atoms with Gasteiger partial charge in [0.05, 0.1) is 16.2 Å². The zero-order valence-corrected chi connectivity index (χ0v) is 23.0. The van der Waals surface area contributed by atoms with Crippen LogP contribution in [-0.2, 0) is 6.61 Å². The molecule has 180 valence electrons. The molecule has 0 N–H and O–H groups in total. The van der Waals surface area contributed by atoms with Crippen LogP contribution in [0.25, 0.3) is 0 Å². The lowest BCUT2D eigenvalue weighted by Gasteiger charge is -2.38. The fourth-order valence-electron chi connectivity index (χ4n) is 4.62. The predicted molar refractivity (Wildman–Crippen MR) is 150 cm³/mol. The Balaban J connectivity index is 1.32. The summed E-state index contributed by atoms with van der Waals surface area (Å²) in [6.07, 6.45) is 0.406. The largest absolute Gasteiger partial charge is 0.489 e. The second-order valence-corrected chi connectivity index (χ2v) is 11.0. The molecule has 36 heavy (non-hydrogen) atoms. The van der Waals surface area contributed by atoms with Crippen LogP contribution in [0.1, 0.15) is 40.9 Å². The maximum atomic E-state index is 6.58. The van der Waals surface area contributed by atoms with E-state index >= 15 is 0 Å². The second kappa shape index (κ2) is 9.92. The van der Waals surface area contributed by atoms with Crippen molar-refractivity contribution in [2.75, 3.05) is 0 Å². The van der Waals surface area contributed by atoms with Gasteiger partial charge in [0.25, 0.3) is 0 Å². The molecule has 0 radical (unpaired) electrons. The molecule has 0 aliphatic carbocycles. The first-order valence-electron chi connectivity index (χ1n) is 11.6. The van der Waals surface area contributed by atoms with E-state index in [4.69, 9.17) is 26.2 Å². The highest BCUT2D eigenvalue weighted by atomic mass is 79.9. The van der Waals surface area contributed by atoms with Crippen molar-refractivity contribution in [1.82, 2.24) is 5.01 Å². The van der Waals surface area contributed by atoms with Crippen LogP contribution in [0.15, 0.2) is 105 Å². The molecule has 7 heteroatoms. The van der Waals surface area contributed by atoms with Crippen LogP contribution in [-0.4, -0.2) is 10.7 Å². The second-order valence-electron chi connectivity index (χ2n) is 8.77. The van der Waals surface area contributed by atoms with E-state index in [2.05, 4.69) is 67.2 Å². The van der Waals surface area contributed by atoms with Gasteiger partial charge in [-0.3, -0.25) is 0 Å². The Morgan fingerprint density at radius 2 is 1.69 bits per heavy atom. The third kappa shape index (κ3) is 4.65. The Bertz CT molecular complexity index is 1430. The summed E-state index contributed by atoms with van der Waals surface area (Å²) < 4.78 is 14.5. The van der Waals surface area contributed by atoms with E-state index in [1.165, 1.54) is 0 Å². The molecule has 2 atom stereocenters. The summed E-state index contributed by atoms with van der Waals surface area (Å²) in [6, 6.07) is 30.3. The molecule has 4 aromatic rings. The smallest absolute Gasteiger partial charge is 0.213 e. The standard InChI is InChI=1S/C29H21Br2ClN2O2/c30-21-14-24-27-16-26(19-6-10-22(32)11-7-19)33-34(27)29(36-28(24)25(31)15-21)20-8-12-23(13-9-20)35-17-18-4-2-1-3-5-18/h1-15,27,29H,16-17H2/t27-,29-/m1/s1. The molecule has 2 heterocycles. The normalized spacial score (nSPS) is 18.2. The average Bonchev–Trinajstić information content (AvgIpc) is 3.34. The van der Waals surface area contributed by atoms with E-state index in [1.807, 2.05) is 60.7 Å². The molecule has 0 saturated carbocycles. The van der Waals surface area contributed by atoms with E-state index in [-0.39, 0.29) is 12.3 Å². The summed E-state index contributed by atoms with van der Waals surface area (Å²) >= 11 is 13.5. The molecule has 0 spiro atoms. The average molecular weight is 625 g/mol. The lowest BCUT2D eigenvalue weighted by molar-refractivity contribution is -0.0197. The van der Waals surface area contributed by atoms with Crippen molar-refractivity contribution in [2.24, 2.45) is 5.10 Å². The third-order valence-electron chi connectivity index (χ3n) is 6.40. The molecule has 0 unspecified atom stereocenters. The van der Waals surface area contributed by atoms with Gasteiger partial charge in [0, 0.05) is 27.0 Å².